The first-order chi connectivity index (χ1) is 10.1. The number of ether oxygens (including phenoxy) is 1. The molecule has 1 heterocycles. The number of rotatable bonds is 6. The van der Waals surface area contributed by atoms with Crippen LogP contribution in [-0.2, 0) is 13.0 Å². The number of benzene rings is 1. The molecule has 0 fully saturated rings. The molecule has 0 saturated heterocycles. The highest BCUT2D eigenvalue weighted by Crippen LogP contribution is 2.21. The molecule has 0 unspecified atom stereocenters. The van der Waals surface area contributed by atoms with Crippen LogP contribution in [0.5, 0.6) is 5.75 Å². The van der Waals surface area contributed by atoms with E-state index < -0.39 is 16.4 Å². The molecule has 2 aromatic rings. The van der Waals surface area contributed by atoms with Crippen molar-refractivity contribution in [1.29, 1.82) is 0 Å². The van der Waals surface area contributed by atoms with Crippen LogP contribution in [0, 0.1) is 15.9 Å². The van der Waals surface area contributed by atoms with E-state index in [4.69, 9.17) is 10.5 Å². The summed E-state index contributed by atoms with van der Waals surface area (Å²) in [5.41, 5.74) is 5.82. The van der Waals surface area contributed by atoms with Crippen molar-refractivity contribution in [3.63, 3.8) is 0 Å². The molecule has 1 aromatic heterocycles. The molecule has 7 heteroatoms. The summed E-state index contributed by atoms with van der Waals surface area (Å²) in [7, 11) is 0. The summed E-state index contributed by atoms with van der Waals surface area (Å²) in [5, 5.41) is 10.7. The number of nitrogens with zero attached hydrogens (tertiary/aromatic N) is 2. The van der Waals surface area contributed by atoms with Crippen molar-refractivity contribution in [3.8, 4) is 5.75 Å². The van der Waals surface area contributed by atoms with Gasteiger partial charge in [0.05, 0.1) is 11.1 Å². The fourth-order valence-electron chi connectivity index (χ4n) is 1.77. The fourth-order valence-corrected chi connectivity index (χ4v) is 1.77. The Hall–Kier alpha value is -2.54. The number of halogens is 1. The van der Waals surface area contributed by atoms with E-state index in [0.29, 0.717) is 18.7 Å². The van der Waals surface area contributed by atoms with Gasteiger partial charge < -0.3 is 10.5 Å². The molecule has 6 nitrogen and oxygen atoms in total. The van der Waals surface area contributed by atoms with Gasteiger partial charge in [0.25, 0.3) is 0 Å². The van der Waals surface area contributed by atoms with E-state index in [1.165, 1.54) is 18.3 Å². The minimum absolute atomic E-state index is 0.106. The van der Waals surface area contributed by atoms with Gasteiger partial charge in [0.15, 0.2) is 0 Å². The lowest BCUT2D eigenvalue weighted by molar-refractivity contribution is -0.387. The van der Waals surface area contributed by atoms with E-state index in [1.54, 1.807) is 12.1 Å². The van der Waals surface area contributed by atoms with E-state index in [9.17, 15) is 14.5 Å². The molecule has 1 aromatic carbocycles. The highest BCUT2D eigenvalue weighted by atomic mass is 19.1. The van der Waals surface area contributed by atoms with Crippen LogP contribution in [0.4, 0.5) is 10.1 Å². The third kappa shape index (κ3) is 3.73. The highest BCUT2D eigenvalue weighted by molar-refractivity contribution is 5.36. The van der Waals surface area contributed by atoms with E-state index in [1.807, 2.05) is 0 Å². The minimum Gasteiger partial charge on any atom is -0.487 e. The van der Waals surface area contributed by atoms with Gasteiger partial charge in [-0.2, -0.15) is 4.39 Å². The normalized spacial score (nSPS) is 10.4. The van der Waals surface area contributed by atoms with E-state index in [-0.39, 0.29) is 12.2 Å². The van der Waals surface area contributed by atoms with Crippen LogP contribution < -0.4 is 10.5 Å². The van der Waals surface area contributed by atoms with Gasteiger partial charge in [0, 0.05) is 23.7 Å². The van der Waals surface area contributed by atoms with Crippen molar-refractivity contribution < 1.29 is 14.1 Å². The SMILES string of the molecule is NCCc1ccc(OCc2cccc([N+](=O)[O-])c2F)cn1. The molecule has 110 valence electrons. The second-order valence-corrected chi connectivity index (χ2v) is 4.32. The molecule has 21 heavy (non-hydrogen) atoms. The van der Waals surface area contributed by atoms with Gasteiger partial charge in [-0.1, -0.05) is 12.1 Å². The molecule has 0 aliphatic heterocycles. The molecule has 0 saturated carbocycles. The largest absolute Gasteiger partial charge is 0.487 e. The molecular formula is C14H14FN3O3. The van der Waals surface area contributed by atoms with Crippen LogP contribution in [0.25, 0.3) is 0 Å². The molecule has 0 spiro atoms. The lowest BCUT2D eigenvalue weighted by Gasteiger charge is -2.07. The average Bonchev–Trinajstić information content (AvgIpc) is 2.48. The van der Waals surface area contributed by atoms with Gasteiger partial charge in [-0.15, -0.1) is 0 Å². The number of pyridine rings is 1. The Balaban J connectivity index is 2.06. The van der Waals surface area contributed by atoms with Crippen molar-refractivity contribution in [1.82, 2.24) is 4.98 Å². The number of nitro benzene ring substituents is 1. The summed E-state index contributed by atoms with van der Waals surface area (Å²) in [5.74, 6) is -0.420. The van der Waals surface area contributed by atoms with Crippen LogP contribution in [0.2, 0.25) is 0 Å². The second kappa shape index (κ2) is 6.76. The first-order valence-corrected chi connectivity index (χ1v) is 6.31. The van der Waals surface area contributed by atoms with Crippen LogP contribution in [0.1, 0.15) is 11.3 Å². The lowest BCUT2D eigenvalue weighted by atomic mass is 10.2. The summed E-state index contributed by atoms with van der Waals surface area (Å²) in [6.07, 6.45) is 2.18. The molecule has 2 N–H and O–H groups in total. The van der Waals surface area contributed by atoms with Gasteiger partial charge in [-0.05, 0) is 18.7 Å². The number of aromatic nitrogens is 1. The van der Waals surface area contributed by atoms with E-state index >= 15 is 0 Å². The Bertz CT molecular complexity index is 632. The highest BCUT2D eigenvalue weighted by Gasteiger charge is 2.17. The van der Waals surface area contributed by atoms with Gasteiger partial charge >= 0.3 is 5.69 Å². The van der Waals surface area contributed by atoms with Gasteiger partial charge in [-0.3, -0.25) is 15.1 Å². The molecule has 0 radical (unpaired) electrons. The van der Waals surface area contributed by atoms with Crippen LogP contribution in [0.3, 0.4) is 0 Å². The Morgan fingerprint density at radius 1 is 1.33 bits per heavy atom. The standard InChI is InChI=1S/C14H14FN3O3/c15-14-10(2-1-3-13(14)18(19)20)9-21-12-5-4-11(6-7-16)17-8-12/h1-5,8H,6-7,9,16H2. The zero-order chi connectivity index (χ0) is 15.2. The zero-order valence-electron chi connectivity index (χ0n) is 11.2. The number of hydrogen-bond acceptors (Lipinski definition) is 5. The molecule has 0 amide bonds. The molecule has 0 aliphatic carbocycles. The summed E-state index contributed by atoms with van der Waals surface area (Å²) in [6.45, 7) is 0.400. The van der Waals surface area contributed by atoms with Crippen molar-refractivity contribution in [2.45, 2.75) is 13.0 Å². The fraction of sp³-hybridized carbons (Fsp3) is 0.214. The molecule has 0 bridgehead atoms. The molecular weight excluding hydrogens is 277 g/mol. The van der Waals surface area contributed by atoms with Crippen molar-refractivity contribution in [3.05, 3.63) is 63.7 Å². The summed E-state index contributed by atoms with van der Waals surface area (Å²) in [4.78, 5) is 14.0. The second-order valence-electron chi connectivity index (χ2n) is 4.32. The Labute approximate surface area is 120 Å². The average molecular weight is 291 g/mol. The van der Waals surface area contributed by atoms with Crippen LogP contribution in [-0.4, -0.2) is 16.5 Å². The minimum atomic E-state index is -0.879. The maximum atomic E-state index is 13.8. The Morgan fingerprint density at radius 3 is 2.76 bits per heavy atom. The third-order valence-electron chi connectivity index (χ3n) is 2.85. The first kappa shape index (κ1) is 14.9. The molecule has 0 atom stereocenters. The maximum Gasteiger partial charge on any atom is 0.305 e. The molecule has 2 rings (SSSR count). The predicted molar refractivity (Wildman–Crippen MR) is 74.4 cm³/mol. The van der Waals surface area contributed by atoms with Gasteiger partial charge in [-0.25, -0.2) is 0 Å². The molecule has 0 aliphatic rings. The topological polar surface area (TPSA) is 91.3 Å². The van der Waals surface area contributed by atoms with E-state index in [0.717, 1.165) is 11.8 Å². The van der Waals surface area contributed by atoms with Crippen LogP contribution >= 0.6 is 0 Å². The summed E-state index contributed by atoms with van der Waals surface area (Å²) >= 11 is 0. The number of nitrogens with two attached hydrogens (primary N) is 1. The number of nitro groups is 1. The zero-order valence-corrected chi connectivity index (χ0v) is 11.2. The number of hydrogen-bond donors (Lipinski definition) is 1. The Kier molecular flexibility index (Phi) is 4.78. The monoisotopic (exact) mass is 291 g/mol. The van der Waals surface area contributed by atoms with Gasteiger partial charge in [0.1, 0.15) is 12.4 Å². The van der Waals surface area contributed by atoms with Crippen molar-refractivity contribution in [2.24, 2.45) is 5.73 Å². The first-order valence-electron chi connectivity index (χ1n) is 6.31. The van der Waals surface area contributed by atoms with E-state index in [2.05, 4.69) is 4.98 Å². The summed E-state index contributed by atoms with van der Waals surface area (Å²) in [6, 6.07) is 7.45. The third-order valence-corrected chi connectivity index (χ3v) is 2.85. The van der Waals surface area contributed by atoms with Crippen LogP contribution in [0.15, 0.2) is 36.5 Å². The van der Waals surface area contributed by atoms with Gasteiger partial charge in [0.2, 0.25) is 5.82 Å². The van der Waals surface area contributed by atoms with Crippen molar-refractivity contribution >= 4 is 5.69 Å². The Morgan fingerprint density at radius 2 is 2.14 bits per heavy atom. The smallest absolute Gasteiger partial charge is 0.305 e. The lowest BCUT2D eigenvalue weighted by Crippen LogP contribution is -2.05. The predicted octanol–water partition coefficient (Wildman–Crippen LogP) is 2.21. The van der Waals surface area contributed by atoms with Crippen molar-refractivity contribution in [2.75, 3.05) is 6.54 Å². The summed E-state index contributed by atoms with van der Waals surface area (Å²) < 4.78 is 19.2. The quantitative estimate of drug-likeness (QED) is 0.650. The maximum absolute atomic E-state index is 13.8.